The van der Waals surface area contributed by atoms with Gasteiger partial charge in [0.25, 0.3) is 0 Å². The number of nitrogens with zero attached hydrogens (tertiary/aromatic N) is 2. The molecule has 2 saturated heterocycles. The van der Waals surface area contributed by atoms with E-state index >= 15 is 0 Å². The second kappa shape index (κ2) is 6.51. The van der Waals surface area contributed by atoms with Gasteiger partial charge in [0.2, 0.25) is 5.91 Å². The molecule has 1 unspecified atom stereocenters. The van der Waals surface area contributed by atoms with Crippen LogP contribution in [-0.4, -0.2) is 64.1 Å². The maximum Gasteiger partial charge on any atom is 0.326 e. The SMILES string of the molecule is CN1CC[C@@]2(C)c3cc(O)ccc3C[C@H]1[C@@H]2CC(=O)N1CCCC1C(=O)O. The van der Waals surface area contributed by atoms with Crippen LogP contribution in [0, 0.1) is 5.92 Å². The van der Waals surface area contributed by atoms with Crippen LogP contribution in [0.15, 0.2) is 18.2 Å². The van der Waals surface area contributed by atoms with Crippen LogP contribution in [0.4, 0.5) is 0 Å². The minimum absolute atomic E-state index is 0.0416. The monoisotopic (exact) mass is 372 g/mol. The van der Waals surface area contributed by atoms with E-state index in [2.05, 4.69) is 18.9 Å². The summed E-state index contributed by atoms with van der Waals surface area (Å²) in [5.74, 6) is -0.556. The van der Waals surface area contributed by atoms with Crippen LogP contribution in [-0.2, 0) is 21.4 Å². The van der Waals surface area contributed by atoms with Gasteiger partial charge in [-0.05, 0) is 73.9 Å². The van der Waals surface area contributed by atoms with Crippen LogP contribution in [0.3, 0.4) is 0 Å². The third kappa shape index (κ3) is 2.90. The minimum atomic E-state index is -0.900. The number of benzene rings is 1. The fraction of sp³-hybridized carbons (Fsp3) is 0.619. The summed E-state index contributed by atoms with van der Waals surface area (Å²) in [5.41, 5.74) is 2.22. The fourth-order valence-electron chi connectivity index (χ4n) is 5.61. The Hall–Kier alpha value is -2.08. The number of aromatic hydroxyl groups is 1. The van der Waals surface area contributed by atoms with Crippen molar-refractivity contribution in [1.82, 2.24) is 9.80 Å². The zero-order valence-corrected chi connectivity index (χ0v) is 16.0. The first kappa shape index (κ1) is 18.3. The molecule has 2 N–H and O–H groups in total. The third-order valence-corrected chi connectivity index (χ3v) is 7.22. The second-order valence-electron chi connectivity index (χ2n) is 8.66. The highest BCUT2D eigenvalue weighted by Crippen LogP contribution is 2.50. The molecule has 4 atom stereocenters. The number of phenols is 1. The van der Waals surface area contributed by atoms with Crippen molar-refractivity contribution in [1.29, 1.82) is 0 Å². The molecule has 0 radical (unpaired) electrons. The highest BCUT2D eigenvalue weighted by atomic mass is 16.4. The first-order valence-electron chi connectivity index (χ1n) is 9.86. The maximum absolute atomic E-state index is 13.1. The highest BCUT2D eigenvalue weighted by molar-refractivity contribution is 5.84. The van der Waals surface area contributed by atoms with E-state index in [1.165, 1.54) is 5.56 Å². The van der Waals surface area contributed by atoms with E-state index < -0.39 is 12.0 Å². The largest absolute Gasteiger partial charge is 0.508 e. The molecular formula is C21H28N2O4. The van der Waals surface area contributed by atoms with Crippen LogP contribution in [0.25, 0.3) is 0 Å². The molecule has 2 aliphatic heterocycles. The summed E-state index contributed by atoms with van der Waals surface area (Å²) in [6.07, 6.45) is 3.46. The maximum atomic E-state index is 13.1. The summed E-state index contributed by atoms with van der Waals surface area (Å²) in [6.45, 7) is 3.71. The van der Waals surface area contributed by atoms with E-state index in [4.69, 9.17) is 0 Å². The first-order chi connectivity index (χ1) is 12.8. The smallest absolute Gasteiger partial charge is 0.326 e. The van der Waals surface area contributed by atoms with Crippen molar-refractivity contribution in [2.45, 2.75) is 56.5 Å². The Morgan fingerprint density at radius 1 is 1.30 bits per heavy atom. The molecule has 1 aliphatic carbocycles. The lowest BCUT2D eigenvalue weighted by Gasteiger charge is -2.55. The molecule has 0 aromatic heterocycles. The molecule has 3 aliphatic rings. The molecule has 1 aromatic rings. The van der Waals surface area contributed by atoms with Crippen molar-refractivity contribution in [3.05, 3.63) is 29.3 Å². The minimum Gasteiger partial charge on any atom is -0.508 e. The van der Waals surface area contributed by atoms with Gasteiger partial charge in [0.1, 0.15) is 11.8 Å². The molecule has 0 saturated carbocycles. The van der Waals surface area contributed by atoms with Crippen molar-refractivity contribution >= 4 is 11.9 Å². The Labute approximate surface area is 159 Å². The number of carboxylic acids is 1. The van der Waals surface area contributed by atoms with Crippen LogP contribution in [0.2, 0.25) is 0 Å². The highest BCUT2D eigenvalue weighted by Gasteiger charge is 2.51. The molecule has 27 heavy (non-hydrogen) atoms. The lowest BCUT2D eigenvalue weighted by atomic mass is 9.57. The molecule has 2 heterocycles. The number of fused-ring (bicyclic) bond motifs is 4. The quantitative estimate of drug-likeness (QED) is 0.848. The number of hydrogen-bond donors (Lipinski definition) is 2. The van der Waals surface area contributed by atoms with Crippen molar-refractivity contribution in [2.24, 2.45) is 5.92 Å². The number of likely N-dealkylation sites (tertiary alicyclic amines) is 2. The van der Waals surface area contributed by atoms with Gasteiger partial charge in [-0.15, -0.1) is 0 Å². The molecule has 6 heteroatoms. The van der Waals surface area contributed by atoms with E-state index in [1.54, 1.807) is 11.0 Å². The van der Waals surface area contributed by atoms with Gasteiger partial charge in [0.15, 0.2) is 0 Å². The number of piperidine rings is 1. The summed E-state index contributed by atoms with van der Waals surface area (Å²) in [5, 5.41) is 19.5. The third-order valence-electron chi connectivity index (χ3n) is 7.22. The predicted molar refractivity (Wildman–Crippen MR) is 101 cm³/mol. The van der Waals surface area contributed by atoms with Gasteiger partial charge < -0.3 is 20.0 Å². The number of amides is 1. The normalized spacial score (nSPS) is 33.0. The Morgan fingerprint density at radius 2 is 2.07 bits per heavy atom. The Balaban J connectivity index is 1.65. The van der Waals surface area contributed by atoms with Gasteiger partial charge in [-0.25, -0.2) is 4.79 Å². The lowest BCUT2D eigenvalue weighted by molar-refractivity contribution is -0.149. The standard InChI is InChI=1S/C21H28N2O4/c1-21-7-9-22(2)18(10-13-5-6-14(24)11-15(13)21)16(21)12-19(25)23-8-3-4-17(23)20(26)27/h5-6,11,16-18,24H,3-4,7-10,12H2,1-2H3,(H,26,27)/t16-,17?,18-,21-/m0/s1. The second-order valence-corrected chi connectivity index (χ2v) is 8.66. The van der Waals surface area contributed by atoms with Gasteiger partial charge in [-0.2, -0.15) is 0 Å². The molecule has 0 spiro atoms. The van der Waals surface area contributed by atoms with Crippen molar-refractivity contribution in [3.63, 3.8) is 0 Å². The number of rotatable bonds is 3. The summed E-state index contributed by atoms with van der Waals surface area (Å²) < 4.78 is 0. The predicted octanol–water partition coefficient (Wildman–Crippen LogP) is 1.99. The number of carbonyl (C=O) groups is 2. The van der Waals surface area contributed by atoms with E-state index in [0.717, 1.165) is 31.4 Å². The van der Waals surface area contributed by atoms with Crippen molar-refractivity contribution < 1.29 is 19.8 Å². The molecule has 4 rings (SSSR count). The molecule has 6 nitrogen and oxygen atoms in total. The Kier molecular flexibility index (Phi) is 4.41. The van der Waals surface area contributed by atoms with Crippen LogP contribution in [0.5, 0.6) is 5.75 Å². The number of carboxylic acid groups (broad SMARTS) is 1. The van der Waals surface area contributed by atoms with E-state index in [0.29, 0.717) is 19.4 Å². The fourth-order valence-corrected chi connectivity index (χ4v) is 5.61. The Morgan fingerprint density at radius 3 is 2.81 bits per heavy atom. The molecule has 146 valence electrons. The van der Waals surface area contributed by atoms with E-state index in [1.807, 2.05) is 12.1 Å². The van der Waals surface area contributed by atoms with Crippen LogP contribution >= 0.6 is 0 Å². The molecular weight excluding hydrogens is 344 g/mol. The number of hydrogen-bond acceptors (Lipinski definition) is 4. The lowest BCUT2D eigenvalue weighted by Crippen LogP contribution is -2.59. The van der Waals surface area contributed by atoms with Gasteiger partial charge in [0.05, 0.1) is 0 Å². The zero-order valence-electron chi connectivity index (χ0n) is 16.0. The number of carbonyl (C=O) groups excluding carboxylic acids is 1. The summed E-state index contributed by atoms with van der Waals surface area (Å²) in [4.78, 5) is 28.5. The summed E-state index contributed by atoms with van der Waals surface area (Å²) in [6, 6.07) is 5.20. The topological polar surface area (TPSA) is 81.1 Å². The molecule has 1 aromatic carbocycles. The van der Waals surface area contributed by atoms with Crippen LogP contribution in [0.1, 0.15) is 43.7 Å². The Bertz CT molecular complexity index is 779. The van der Waals surface area contributed by atoms with Gasteiger partial charge in [0, 0.05) is 19.0 Å². The molecule has 2 fully saturated rings. The first-order valence-corrected chi connectivity index (χ1v) is 9.86. The molecule has 1 amide bonds. The average Bonchev–Trinajstić information content (AvgIpc) is 3.11. The summed E-state index contributed by atoms with van der Waals surface area (Å²) >= 11 is 0. The van der Waals surface area contributed by atoms with Gasteiger partial charge in [-0.1, -0.05) is 13.0 Å². The van der Waals surface area contributed by atoms with E-state index in [9.17, 15) is 19.8 Å². The van der Waals surface area contributed by atoms with Gasteiger partial charge >= 0.3 is 5.97 Å². The van der Waals surface area contributed by atoms with Gasteiger partial charge in [-0.3, -0.25) is 4.79 Å². The number of phenolic OH excluding ortho intramolecular Hbond substituents is 1. The molecule has 2 bridgehead atoms. The van der Waals surface area contributed by atoms with Crippen molar-refractivity contribution in [3.8, 4) is 5.75 Å². The van der Waals surface area contributed by atoms with E-state index in [-0.39, 0.29) is 29.0 Å². The number of aliphatic carboxylic acids is 1. The summed E-state index contributed by atoms with van der Waals surface area (Å²) in [7, 11) is 2.11. The van der Waals surface area contributed by atoms with Crippen molar-refractivity contribution in [2.75, 3.05) is 20.1 Å². The zero-order chi connectivity index (χ0) is 19.3. The average molecular weight is 372 g/mol. The van der Waals surface area contributed by atoms with Crippen LogP contribution < -0.4 is 0 Å². The number of likely N-dealkylation sites (N-methyl/N-ethyl adjacent to an activating group) is 1.